The van der Waals surface area contributed by atoms with Crippen molar-refractivity contribution in [3.8, 4) is 5.75 Å². The van der Waals surface area contributed by atoms with E-state index in [2.05, 4.69) is 0 Å². The Kier molecular flexibility index (Phi) is 5.31. The number of esters is 1. The molecule has 0 saturated heterocycles. The highest BCUT2D eigenvalue weighted by Crippen LogP contribution is 2.33. The molecule has 0 aliphatic carbocycles. The van der Waals surface area contributed by atoms with Gasteiger partial charge in [0, 0.05) is 12.0 Å². The molecule has 2 aromatic rings. The molecule has 26 heavy (non-hydrogen) atoms. The van der Waals surface area contributed by atoms with Crippen molar-refractivity contribution >= 4 is 23.3 Å². The highest BCUT2D eigenvalue weighted by atomic mass is 16.5. The molecular weight excluding hydrogens is 334 g/mol. The summed E-state index contributed by atoms with van der Waals surface area (Å²) >= 11 is 0. The van der Waals surface area contributed by atoms with Crippen LogP contribution in [0.15, 0.2) is 48.5 Å². The third-order valence-electron chi connectivity index (χ3n) is 4.07. The van der Waals surface area contributed by atoms with Crippen molar-refractivity contribution in [2.45, 2.75) is 20.0 Å². The van der Waals surface area contributed by atoms with Gasteiger partial charge in [0.1, 0.15) is 18.9 Å². The SMILES string of the molecule is CCC(=O)c1ccc2c(c1)N(CC(=O)OCc1ccccc1)C(=O)CO2. The van der Waals surface area contributed by atoms with Crippen LogP contribution in [0.1, 0.15) is 29.3 Å². The second kappa shape index (κ2) is 7.82. The molecule has 1 amide bonds. The second-order valence-corrected chi connectivity index (χ2v) is 5.87. The normalized spacial score (nSPS) is 13.0. The zero-order chi connectivity index (χ0) is 18.5. The summed E-state index contributed by atoms with van der Waals surface area (Å²) in [6, 6.07) is 14.2. The van der Waals surface area contributed by atoms with Crippen molar-refractivity contribution in [2.75, 3.05) is 18.1 Å². The molecule has 1 aliphatic heterocycles. The molecule has 0 spiro atoms. The number of amides is 1. The van der Waals surface area contributed by atoms with Gasteiger partial charge >= 0.3 is 5.97 Å². The molecule has 0 fully saturated rings. The van der Waals surface area contributed by atoms with Gasteiger partial charge in [0.25, 0.3) is 5.91 Å². The minimum atomic E-state index is -0.526. The number of benzene rings is 2. The lowest BCUT2D eigenvalue weighted by Gasteiger charge is -2.29. The van der Waals surface area contributed by atoms with Crippen molar-refractivity contribution in [1.29, 1.82) is 0 Å². The third-order valence-corrected chi connectivity index (χ3v) is 4.07. The summed E-state index contributed by atoms with van der Waals surface area (Å²) in [4.78, 5) is 37.7. The Morgan fingerprint density at radius 3 is 2.65 bits per heavy atom. The second-order valence-electron chi connectivity index (χ2n) is 5.87. The first kappa shape index (κ1) is 17.7. The van der Waals surface area contributed by atoms with E-state index in [-0.39, 0.29) is 31.4 Å². The van der Waals surface area contributed by atoms with Crippen molar-refractivity contribution < 1.29 is 23.9 Å². The summed E-state index contributed by atoms with van der Waals surface area (Å²) in [6.45, 7) is 1.52. The third kappa shape index (κ3) is 3.91. The number of anilines is 1. The monoisotopic (exact) mass is 353 g/mol. The number of ketones is 1. The van der Waals surface area contributed by atoms with Gasteiger partial charge in [0.2, 0.25) is 0 Å². The highest BCUT2D eigenvalue weighted by molar-refractivity contribution is 6.03. The molecule has 0 saturated carbocycles. The Labute approximate surface area is 151 Å². The van der Waals surface area contributed by atoms with Crippen molar-refractivity contribution in [3.05, 3.63) is 59.7 Å². The fraction of sp³-hybridized carbons (Fsp3) is 0.250. The fourth-order valence-electron chi connectivity index (χ4n) is 2.67. The van der Waals surface area contributed by atoms with Gasteiger partial charge in [-0.3, -0.25) is 19.3 Å². The average molecular weight is 353 g/mol. The molecule has 2 aromatic carbocycles. The van der Waals surface area contributed by atoms with E-state index in [0.717, 1.165) is 5.56 Å². The molecular formula is C20H19NO5. The summed E-state index contributed by atoms with van der Waals surface area (Å²) in [7, 11) is 0. The topological polar surface area (TPSA) is 72.9 Å². The number of carbonyl (C=O) groups excluding carboxylic acids is 3. The van der Waals surface area contributed by atoms with Crippen LogP contribution in [0, 0.1) is 0 Å². The Balaban J connectivity index is 1.74. The van der Waals surface area contributed by atoms with Gasteiger partial charge in [-0.1, -0.05) is 37.3 Å². The van der Waals surface area contributed by atoms with Gasteiger partial charge in [0.05, 0.1) is 5.69 Å². The Bertz CT molecular complexity index is 831. The van der Waals surface area contributed by atoms with Crippen LogP contribution in [-0.4, -0.2) is 30.8 Å². The van der Waals surface area contributed by atoms with Crippen LogP contribution < -0.4 is 9.64 Å². The van der Waals surface area contributed by atoms with Crippen LogP contribution in [0.5, 0.6) is 5.75 Å². The van der Waals surface area contributed by atoms with Crippen LogP contribution >= 0.6 is 0 Å². The molecule has 0 aromatic heterocycles. The van der Waals surface area contributed by atoms with E-state index < -0.39 is 5.97 Å². The van der Waals surface area contributed by atoms with E-state index in [1.807, 2.05) is 30.3 Å². The first-order valence-electron chi connectivity index (χ1n) is 8.38. The first-order chi connectivity index (χ1) is 12.6. The average Bonchev–Trinajstić information content (AvgIpc) is 2.68. The van der Waals surface area contributed by atoms with Gasteiger partial charge in [-0.15, -0.1) is 0 Å². The lowest BCUT2D eigenvalue weighted by molar-refractivity contribution is -0.144. The summed E-state index contributed by atoms with van der Waals surface area (Å²) in [5.74, 6) is -0.455. The van der Waals surface area contributed by atoms with E-state index in [4.69, 9.17) is 9.47 Å². The molecule has 134 valence electrons. The molecule has 3 rings (SSSR count). The van der Waals surface area contributed by atoms with Gasteiger partial charge in [0.15, 0.2) is 12.4 Å². The standard InChI is InChI=1S/C20H19NO5/c1-2-17(22)15-8-9-18-16(10-15)21(19(23)13-25-18)11-20(24)26-12-14-6-4-3-5-7-14/h3-10H,2,11-13H2,1H3. The highest BCUT2D eigenvalue weighted by Gasteiger charge is 2.28. The van der Waals surface area contributed by atoms with E-state index in [1.54, 1.807) is 25.1 Å². The van der Waals surface area contributed by atoms with E-state index in [0.29, 0.717) is 23.4 Å². The quantitative estimate of drug-likeness (QED) is 0.590. The first-order valence-corrected chi connectivity index (χ1v) is 8.38. The maximum Gasteiger partial charge on any atom is 0.326 e. The number of hydrogen-bond acceptors (Lipinski definition) is 5. The van der Waals surface area contributed by atoms with Crippen LogP contribution in [0.4, 0.5) is 5.69 Å². The van der Waals surface area contributed by atoms with Crippen LogP contribution in [0.2, 0.25) is 0 Å². The summed E-state index contributed by atoms with van der Waals surface area (Å²) < 4.78 is 10.6. The summed E-state index contributed by atoms with van der Waals surface area (Å²) in [5.41, 5.74) is 1.76. The Morgan fingerprint density at radius 1 is 1.15 bits per heavy atom. The van der Waals surface area contributed by atoms with Gasteiger partial charge in [-0.05, 0) is 23.8 Å². The molecule has 0 radical (unpaired) electrons. The molecule has 6 nitrogen and oxygen atoms in total. The number of fused-ring (bicyclic) bond motifs is 1. The molecule has 1 aliphatic rings. The number of Topliss-reactive ketones (excluding diaryl/α,β-unsaturated/α-hetero) is 1. The minimum absolute atomic E-state index is 0.0440. The van der Waals surface area contributed by atoms with Gasteiger partial charge < -0.3 is 9.47 Å². The smallest absolute Gasteiger partial charge is 0.326 e. The number of ether oxygens (including phenoxy) is 2. The molecule has 6 heteroatoms. The maximum atomic E-state index is 12.2. The predicted molar refractivity (Wildman–Crippen MR) is 95.1 cm³/mol. The maximum absolute atomic E-state index is 12.2. The van der Waals surface area contributed by atoms with Gasteiger partial charge in [-0.2, -0.15) is 0 Å². The summed E-state index contributed by atoms with van der Waals surface area (Å²) in [5, 5.41) is 0. The molecule has 0 unspecified atom stereocenters. The number of hydrogen-bond donors (Lipinski definition) is 0. The van der Waals surface area contributed by atoms with Crippen molar-refractivity contribution in [3.63, 3.8) is 0 Å². The number of carbonyl (C=O) groups is 3. The minimum Gasteiger partial charge on any atom is -0.482 e. The van der Waals surface area contributed by atoms with E-state index in [9.17, 15) is 14.4 Å². The summed E-state index contributed by atoms with van der Waals surface area (Å²) in [6.07, 6.45) is 0.354. The van der Waals surface area contributed by atoms with Crippen molar-refractivity contribution in [1.82, 2.24) is 0 Å². The largest absolute Gasteiger partial charge is 0.482 e. The molecule has 0 atom stereocenters. The number of nitrogens with zero attached hydrogens (tertiary/aromatic N) is 1. The zero-order valence-corrected chi connectivity index (χ0v) is 14.4. The van der Waals surface area contributed by atoms with E-state index in [1.165, 1.54) is 4.90 Å². The lowest BCUT2D eigenvalue weighted by atomic mass is 10.1. The van der Waals surface area contributed by atoms with Crippen LogP contribution in [0.3, 0.4) is 0 Å². The number of rotatable bonds is 6. The van der Waals surface area contributed by atoms with Crippen molar-refractivity contribution in [2.24, 2.45) is 0 Å². The Morgan fingerprint density at radius 2 is 1.92 bits per heavy atom. The lowest BCUT2D eigenvalue weighted by Crippen LogP contribution is -2.42. The van der Waals surface area contributed by atoms with Crippen LogP contribution in [-0.2, 0) is 20.9 Å². The molecule has 0 bridgehead atoms. The fourth-order valence-corrected chi connectivity index (χ4v) is 2.67. The zero-order valence-electron chi connectivity index (χ0n) is 14.4. The van der Waals surface area contributed by atoms with Gasteiger partial charge in [-0.25, -0.2) is 0 Å². The van der Waals surface area contributed by atoms with Crippen LogP contribution in [0.25, 0.3) is 0 Å². The molecule has 1 heterocycles. The predicted octanol–water partition coefficient (Wildman–Crippen LogP) is 2.75. The molecule has 0 N–H and O–H groups in total. The van der Waals surface area contributed by atoms with E-state index >= 15 is 0 Å². The Hall–Kier alpha value is -3.15.